The van der Waals surface area contributed by atoms with E-state index in [1.807, 2.05) is 6.07 Å². The number of hydrogen-bond acceptors (Lipinski definition) is 3. The van der Waals surface area contributed by atoms with Crippen LogP contribution in [0.25, 0.3) is 78.3 Å². The van der Waals surface area contributed by atoms with Gasteiger partial charge in [-0.2, -0.15) is 0 Å². The van der Waals surface area contributed by atoms with Crippen molar-refractivity contribution in [3.8, 4) is 67.5 Å². The van der Waals surface area contributed by atoms with E-state index >= 15 is 0 Å². The van der Waals surface area contributed by atoms with Crippen LogP contribution in [0.3, 0.4) is 0 Å². The van der Waals surface area contributed by atoms with Crippen LogP contribution in [0.1, 0.15) is 22.3 Å². The van der Waals surface area contributed by atoms with Gasteiger partial charge in [-0.3, -0.25) is 0 Å². The van der Waals surface area contributed by atoms with E-state index in [0.29, 0.717) is 17.5 Å². The Balaban J connectivity index is 1.10. The number of hydrogen-bond donors (Lipinski definition) is 0. The van der Waals surface area contributed by atoms with Gasteiger partial charge in [0.1, 0.15) is 0 Å². The molecule has 0 amide bonds. The molecule has 10 aromatic rings. The molecule has 0 fully saturated rings. The highest BCUT2D eigenvalue weighted by Gasteiger charge is 2.46. The topological polar surface area (TPSA) is 38.7 Å². The first-order valence-electron chi connectivity index (χ1n) is 20.1. The SMILES string of the molecule is c1ccc(-c2cccc(-c3nc(-c4ccc(-c5cccc6ccccc56)cc4)nc(-c4ccc5c(c4)C(c4ccccc4)(c4ccccc4)c4ccccc4-5)n3)c2)cc1. The van der Waals surface area contributed by atoms with Crippen LogP contribution in [0.4, 0.5) is 0 Å². The molecule has 11 rings (SSSR count). The first-order valence-corrected chi connectivity index (χ1v) is 20.1. The molecule has 3 heteroatoms. The average molecular weight is 752 g/mol. The monoisotopic (exact) mass is 751 g/mol. The number of rotatable bonds is 7. The van der Waals surface area contributed by atoms with E-state index in [9.17, 15) is 0 Å². The molecule has 0 saturated carbocycles. The summed E-state index contributed by atoms with van der Waals surface area (Å²) in [5, 5.41) is 2.45. The van der Waals surface area contributed by atoms with Gasteiger partial charge in [0.25, 0.3) is 0 Å². The van der Waals surface area contributed by atoms with Crippen molar-refractivity contribution in [3.63, 3.8) is 0 Å². The van der Waals surface area contributed by atoms with E-state index in [2.05, 4.69) is 218 Å². The van der Waals surface area contributed by atoms with Gasteiger partial charge in [-0.15, -0.1) is 0 Å². The first-order chi connectivity index (χ1) is 29.2. The highest BCUT2D eigenvalue weighted by atomic mass is 15.0. The van der Waals surface area contributed by atoms with Gasteiger partial charge >= 0.3 is 0 Å². The summed E-state index contributed by atoms with van der Waals surface area (Å²) < 4.78 is 0. The standard InChI is InChI=1S/C56H37N3/c1-4-16-38(17-5-1)42-20-14-21-43(36-42)54-57-53(41-32-30-40(31-33-41)48-28-15-19-39-18-10-11-26-47(39)48)58-55(59-54)44-34-35-50-49-27-12-13-29-51(49)56(52(50)37-44,45-22-6-2-7-23-45)46-24-8-3-9-25-46/h1-37H. The quantitative estimate of drug-likeness (QED) is 0.163. The lowest BCUT2D eigenvalue weighted by Crippen LogP contribution is -2.28. The normalized spacial score (nSPS) is 12.5. The van der Waals surface area contributed by atoms with Crippen molar-refractivity contribution < 1.29 is 0 Å². The maximum Gasteiger partial charge on any atom is 0.164 e. The van der Waals surface area contributed by atoms with Crippen molar-refractivity contribution in [1.82, 2.24) is 15.0 Å². The third-order valence-corrected chi connectivity index (χ3v) is 11.8. The lowest BCUT2D eigenvalue weighted by atomic mass is 9.67. The lowest BCUT2D eigenvalue weighted by Gasteiger charge is -2.34. The van der Waals surface area contributed by atoms with Gasteiger partial charge in [0.15, 0.2) is 17.5 Å². The lowest BCUT2D eigenvalue weighted by molar-refractivity contribution is 0.768. The van der Waals surface area contributed by atoms with Crippen molar-refractivity contribution in [2.45, 2.75) is 5.41 Å². The van der Waals surface area contributed by atoms with Crippen LogP contribution in [0.5, 0.6) is 0 Å². The zero-order valence-electron chi connectivity index (χ0n) is 32.2. The maximum absolute atomic E-state index is 5.28. The molecule has 0 bridgehead atoms. The fraction of sp³-hybridized carbons (Fsp3) is 0.0179. The van der Waals surface area contributed by atoms with E-state index in [1.165, 1.54) is 49.7 Å². The summed E-state index contributed by atoms with van der Waals surface area (Å²) in [6, 6.07) is 80.0. The molecule has 1 aliphatic carbocycles. The Labute approximate surface area is 344 Å². The molecule has 1 aromatic heterocycles. The Morgan fingerprint density at radius 1 is 0.271 bits per heavy atom. The number of aromatic nitrogens is 3. The summed E-state index contributed by atoms with van der Waals surface area (Å²) in [6.45, 7) is 0. The maximum atomic E-state index is 5.28. The van der Waals surface area contributed by atoms with Crippen LogP contribution in [0, 0.1) is 0 Å². The van der Waals surface area contributed by atoms with Crippen LogP contribution in [0.2, 0.25) is 0 Å². The predicted molar refractivity (Wildman–Crippen MR) is 242 cm³/mol. The van der Waals surface area contributed by atoms with E-state index in [4.69, 9.17) is 15.0 Å². The Morgan fingerprint density at radius 3 is 1.47 bits per heavy atom. The fourth-order valence-corrected chi connectivity index (χ4v) is 9.09. The second-order valence-electron chi connectivity index (χ2n) is 15.1. The first kappa shape index (κ1) is 34.5. The second kappa shape index (κ2) is 14.3. The Bertz CT molecular complexity index is 3090. The molecule has 59 heavy (non-hydrogen) atoms. The number of nitrogens with zero attached hydrogens (tertiary/aromatic N) is 3. The molecule has 0 saturated heterocycles. The summed E-state index contributed by atoms with van der Waals surface area (Å²) >= 11 is 0. The van der Waals surface area contributed by atoms with Crippen LogP contribution >= 0.6 is 0 Å². The Hall–Kier alpha value is -7.75. The van der Waals surface area contributed by atoms with Crippen molar-refractivity contribution in [3.05, 3.63) is 247 Å². The van der Waals surface area contributed by atoms with Crippen LogP contribution in [-0.2, 0) is 5.41 Å². The van der Waals surface area contributed by atoms with Crippen molar-refractivity contribution >= 4 is 10.8 Å². The molecular weight excluding hydrogens is 715 g/mol. The molecule has 0 atom stereocenters. The Kier molecular flexibility index (Phi) is 8.37. The average Bonchev–Trinajstić information content (AvgIpc) is 3.62. The molecule has 9 aromatic carbocycles. The Morgan fingerprint density at radius 2 is 0.746 bits per heavy atom. The minimum atomic E-state index is -0.537. The summed E-state index contributed by atoms with van der Waals surface area (Å²) in [4.78, 5) is 15.8. The summed E-state index contributed by atoms with van der Waals surface area (Å²) in [5.41, 5.74) is 14.2. The summed E-state index contributed by atoms with van der Waals surface area (Å²) in [5.74, 6) is 1.88. The van der Waals surface area contributed by atoms with Crippen LogP contribution in [-0.4, -0.2) is 15.0 Å². The number of fused-ring (bicyclic) bond motifs is 4. The molecule has 0 N–H and O–H groups in total. The highest BCUT2D eigenvalue weighted by Crippen LogP contribution is 2.56. The van der Waals surface area contributed by atoms with E-state index in [-0.39, 0.29) is 0 Å². The largest absolute Gasteiger partial charge is 0.208 e. The molecule has 1 aliphatic rings. The van der Waals surface area contributed by atoms with E-state index in [0.717, 1.165) is 33.4 Å². The van der Waals surface area contributed by atoms with E-state index in [1.54, 1.807) is 0 Å². The van der Waals surface area contributed by atoms with Crippen molar-refractivity contribution in [2.24, 2.45) is 0 Å². The zero-order valence-corrected chi connectivity index (χ0v) is 32.2. The van der Waals surface area contributed by atoms with Gasteiger partial charge in [0, 0.05) is 16.7 Å². The van der Waals surface area contributed by atoms with Crippen LogP contribution in [0.15, 0.2) is 224 Å². The fourth-order valence-electron chi connectivity index (χ4n) is 9.09. The van der Waals surface area contributed by atoms with Gasteiger partial charge in [-0.05, 0) is 78.5 Å². The summed E-state index contributed by atoms with van der Waals surface area (Å²) in [7, 11) is 0. The zero-order chi connectivity index (χ0) is 39.2. The molecule has 0 spiro atoms. The summed E-state index contributed by atoms with van der Waals surface area (Å²) in [6.07, 6.45) is 0. The molecule has 0 aliphatic heterocycles. The van der Waals surface area contributed by atoms with Gasteiger partial charge in [0.2, 0.25) is 0 Å². The minimum Gasteiger partial charge on any atom is -0.208 e. The number of benzene rings is 9. The third kappa shape index (κ3) is 5.86. The molecule has 0 unspecified atom stereocenters. The molecule has 3 nitrogen and oxygen atoms in total. The third-order valence-electron chi connectivity index (χ3n) is 11.8. The molecule has 1 heterocycles. The predicted octanol–water partition coefficient (Wildman–Crippen LogP) is 13.7. The minimum absolute atomic E-state index is 0.537. The van der Waals surface area contributed by atoms with Crippen molar-refractivity contribution in [1.29, 1.82) is 0 Å². The van der Waals surface area contributed by atoms with Crippen molar-refractivity contribution in [2.75, 3.05) is 0 Å². The van der Waals surface area contributed by atoms with Crippen LogP contribution < -0.4 is 0 Å². The van der Waals surface area contributed by atoms with Gasteiger partial charge in [-0.1, -0.05) is 212 Å². The van der Waals surface area contributed by atoms with Gasteiger partial charge in [-0.25, -0.2) is 15.0 Å². The second-order valence-corrected chi connectivity index (χ2v) is 15.1. The van der Waals surface area contributed by atoms with E-state index < -0.39 is 5.41 Å². The molecule has 276 valence electrons. The molecule has 0 radical (unpaired) electrons. The van der Waals surface area contributed by atoms with Gasteiger partial charge < -0.3 is 0 Å². The smallest absolute Gasteiger partial charge is 0.164 e. The molecular formula is C56H37N3. The highest BCUT2D eigenvalue weighted by molar-refractivity contribution is 5.97. The van der Waals surface area contributed by atoms with Gasteiger partial charge in [0.05, 0.1) is 5.41 Å².